The molecule has 34 heavy (non-hydrogen) atoms. The minimum atomic E-state index is -0.914. The zero-order valence-corrected chi connectivity index (χ0v) is 21.3. The van der Waals surface area contributed by atoms with Gasteiger partial charge in [-0.2, -0.15) is 0 Å². The zero-order valence-electron chi connectivity index (χ0n) is 21.3. The zero-order chi connectivity index (χ0) is 25.4. The number of hydrogen-bond acceptors (Lipinski definition) is 6. The molecule has 1 atom stereocenters. The summed E-state index contributed by atoms with van der Waals surface area (Å²) in [6.45, 7) is 2.80. The molecule has 0 heterocycles. The van der Waals surface area contributed by atoms with Crippen LogP contribution in [0.4, 0.5) is 0 Å². The summed E-state index contributed by atoms with van der Waals surface area (Å²) in [5.41, 5.74) is 10.8. The van der Waals surface area contributed by atoms with Crippen LogP contribution in [0.5, 0.6) is 0 Å². The minimum absolute atomic E-state index is 0.0747. The van der Waals surface area contributed by atoms with Crippen molar-refractivity contribution in [2.24, 2.45) is 11.5 Å². The van der Waals surface area contributed by atoms with Crippen molar-refractivity contribution in [1.29, 1.82) is 5.41 Å². The van der Waals surface area contributed by atoms with Crippen molar-refractivity contribution in [2.45, 2.75) is 122 Å². The summed E-state index contributed by atoms with van der Waals surface area (Å²) in [6.07, 6.45) is 17.6. The van der Waals surface area contributed by atoms with Crippen molar-refractivity contribution < 1.29 is 19.1 Å². The lowest BCUT2D eigenvalue weighted by Gasteiger charge is -2.11. The van der Waals surface area contributed by atoms with Gasteiger partial charge in [-0.15, -0.1) is 0 Å². The maximum atomic E-state index is 11.9. The van der Waals surface area contributed by atoms with Gasteiger partial charge >= 0.3 is 11.9 Å². The van der Waals surface area contributed by atoms with Crippen LogP contribution in [0.3, 0.4) is 0 Å². The normalized spacial score (nSPS) is 11.6. The van der Waals surface area contributed by atoms with E-state index in [0.29, 0.717) is 25.8 Å². The molecule has 0 bridgehead atoms. The highest BCUT2D eigenvalue weighted by Gasteiger charge is 2.18. The summed E-state index contributed by atoms with van der Waals surface area (Å²) in [7, 11) is 0. The largest absolute Gasteiger partial charge is 0.392 e. The van der Waals surface area contributed by atoms with Crippen LogP contribution in [0.15, 0.2) is 0 Å². The smallest absolute Gasteiger partial charge is 0.330 e. The van der Waals surface area contributed by atoms with Gasteiger partial charge in [0.25, 0.3) is 0 Å². The fourth-order valence-corrected chi connectivity index (χ4v) is 3.60. The van der Waals surface area contributed by atoms with Gasteiger partial charge in [0, 0.05) is 19.5 Å². The Kier molecular flexibility index (Phi) is 21.2. The number of carbonyl (C=O) groups excluding carboxylic acids is 3. The molecule has 0 unspecified atom stereocenters. The third-order valence-electron chi connectivity index (χ3n) is 5.68. The number of amides is 1. The Labute approximate surface area is 206 Å². The second kappa shape index (κ2) is 22.6. The molecule has 0 aliphatic rings. The van der Waals surface area contributed by atoms with Crippen molar-refractivity contribution >= 4 is 23.8 Å². The van der Waals surface area contributed by atoms with Crippen LogP contribution in [0.2, 0.25) is 0 Å². The van der Waals surface area contributed by atoms with Gasteiger partial charge in [-0.05, 0) is 19.3 Å². The molecule has 198 valence electrons. The van der Waals surface area contributed by atoms with Crippen LogP contribution in [0, 0.1) is 5.41 Å². The molecular formula is C25H49N5O4. The molecule has 0 saturated carbocycles. The predicted octanol–water partition coefficient (Wildman–Crippen LogP) is 3.63. The molecule has 0 spiro atoms. The highest BCUT2D eigenvalue weighted by atomic mass is 16.6. The lowest BCUT2D eigenvalue weighted by atomic mass is 10.0. The van der Waals surface area contributed by atoms with Gasteiger partial charge in [0.05, 0.1) is 6.42 Å². The first kappa shape index (κ1) is 31.8. The Morgan fingerprint density at radius 1 is 0.765 bits per heavy atom. The quantitative estimate of drug-likeness (QED) is 0.0516. The first-order valence-corrected chi connectivity index (χ1v) is 13.2. The molecule has 1 amide bonds. The maximum absolute atomic E-state index is 11.9. The van der Waals surface area contributed by atoms with Crippen LogP contribution in [-0.2, 0) is 19.1 Å². The monoisotopic (exact) mass is 483 g/mol. The molecule has 0 aromatic heterocycles. The average molecular weight is 484 g/mol. The second-order valence-electron chi connectivity index (χ2n) is 8.97. The van der Waals surface area contributed by atoms with Gasteiger partial charge in [0.2, 0.25) is 5.91 Å². The maximum Gasteiger partial charge on any atom is 0.330 e. The molecule has 0 aromatic carbocycles. The highest BCUT2D eigenvalue weighted by molar-refractivity contribution is 5.88. The number of esters is 2. The van der Waals surface area contributed by atoms with E-state index in [1.54, 1.807) is 0 Å². The molecule has 0 radical (unpaired) electrons. The third kappa shape index (κ3) is 21.7. The fourth-order valence-electron chi connectivity index (χ4n) is 3.60. The summed E-state index contributed by atoms with van der Waals surface area (Å²) in [4.78, 5) is 35.4. The van der Waals surface area contributed by atoms with Crippen molar-refractivity contribution in [2.75, 3.05) is 13.1 Å². The second-order valence-corrected chi connectivity index (χ2v) is 8.97. The molecule has 0 aromatic rings. The first-order valence-electron chi connectivity index (χ1n) is 13.2. The van der Waals surface area contributed by atoms with E-state index in [4.69, 9.17) is 21.6 Å². The van der Waals surface area contributed by atoms with E-state index in [1.807, 2.05) is 0 Å². The molecule has 0 saturated heterocycles. The Morgan fingerprint density at radius 3 is 1.82 bits per heavy atom. The number of unbranched alkanes of at least 4 members (excludes halogenated alkanes) is 12. The van der Waals surface area contributed by atoms with Crippen molar-refractivity contribution in [3.63, 3.8) is 0 Å². The van der Waals surface area contributed by atoms with Gasteiger partial charge < -0.3 is 26.8 Å². The van der Waals surface area contributed by atoms with E-state index < -0.39 is 18.0 Å². The van der Waals surface area contributed by atoms with Crippen molar-refractivity contribution in [3.8, 4) is 0 Å². The number of nitrogens with one attached hydrogen (secondary N) is 3. The number of ether oxygens (including phenoxy) is 1. The number of carbonyl (C=O) groups is 3. The summed E-state index contributed by atoms with van der Waals surface area (Å²) < 4.78 is 4.71. The molecular weight excluding hydrogens is 434 g/mol. The van der Waals surface area contributed by atoms with E-state index in [2.05, 4.69) is 17.6 Å². The van der Waals surface area contributed by atoms with Crippen LogP contribution < -0.4 is 22.1 Å². The summed E-state index contributed by atoms with van der Waals surface area (Å²) in [5, 5.41) is 12.3. The van der Waals surface area contributed by atoms with Crippen molar-refractivity contribution in [1.82, 2.24) is 10.6 Å². The number of hydrogen-bond donors (Lipinski definition) is 5. The van der Waals surface area contributed by atoms with Gasteiger partial charge in [0.1, 0.15) is 6.04 Å². The fraction of sp³-hybridized carbons (Fsp3) is 0.840. The Hall–Kier alpha value is -2.16. The molecule has 0 rings (SSSR count). The molecule has 0 aliphatic carbocycles. The Balaban J connectivity index is 3.54. The molecule has 0 fully saturated rings. The van der Waals surface area contributed by atoms with E-state index >= 15 is 0 Å². The highest BCUT2D eigenvalue weighted by Crippen LogP contribution is 2.12. The molecule has 9 heteroatoms. The van der Waals surface area contributed by atoms with E-state index in [9.17, 15) is 14.4 Å². The number of nitrogens with two attached hydrogens (primary N) is 2. The van der Waals surface area contributed by atoms with Gasteiger partial charge in [-0.3, -0.25) is 15.0 Å². The lowest BCUT2D eigenvalue weighted by Crippen LogP contribution is -2.36. The predicted molar refractivity (Wildman–Crippen MR) is 136 cm³/mol. The summed E-state index contributed by atoms with van der Waals surface area (Å²) >= 11 is 0. The van der Waals surface area contributed by atoms with Crippen molar-refractivity contribution in [3.05, 3.63) is 0 Å². The molecule has 7 N–H and O–H groups in total. The first-order chi connectivity index (χ1) is 16.4. The van der Waals surface area contributed by atoms with Crippen LogP contribution in [-0.4, -0.2) is 42.9 Å². The number of guanidine groups is 1. The Bertz CT molecular complexity index is 572. The third-order valence-corrected chi connectivity index (χ3v) is 5.68. The molecule has 9 nitrogen and oxygen atoms in total. The Morgan fingerprint density at radius 2 is 1.29 bits per heavy atom. The van der Waals surface area contributed by atoms with Crippen LogP contribution in [0.1, 0.15) is 116 Å². The van der Waals surface area contributed by atoms with E-state index in [0.717, 1.165) is 19.3 Å². The average Bonchev–Trinajstić information content (AvgIpc) is 2.79. The van der Waals surface area contributed by atoms with Gasteiger partial charge in [0.15, 0.2) is 5.96 Å². The lowest BCUT2D eigenvalue weighted by molar-refractivity contribution is -0.160. The molecule has 0 aliphatic heterocycles. The van der Waals surface area contributed by atoms with Crippen LogP contribution in [0.25, 0.3) is 0 Å². The topological polar surface area (TPSA) is 160 Å². The van der Waals surface area contributed by atoms with Gasteiger partial charge in [-0.1, -0.05) is 84.0 Å². The number of rotatable bonds is 22. The van der Waals surface area contributed by atoms with Gasteiger partial charge in [-0.25, -0.2) is 4.79 Å². The minimum Gasteiger partial charge on any atom is -0.392 e. The SMILES string of the molecule is CCCCCCCCCCCCCCCC(=O)NCCC(=O)OC(=O)[C@@H](N)CCCNC(=N)N. The summed E-state index contributed by atoms with van der Waals surface area (Å²) in [5.74, 6) is -1.73. The summed E-state index contributed by atoms with van der Waals surface area (Å²) in [6, 6.07) is -0.914. The van der Waals surface area contributed by atoms with Crippen LogP contribution >= 0.6 is 0 Å². The standard InChI is InChI=1S/C25H49N5O4/c1-2-3-4-5-6-7-8-9-10-11-12-13-14-17-22(31)29-20-18-23(32)34-24(33)21(26)16-15-19-30-25(27)28/h21H,2-20,26H2,1H3,(H,29,31)(H4,27,28,30)/t21-/m0/s1. The van der Waals surface area contributed by atoms with E-state index in [1.165, 1.54) is 64.2 Å². The van der Waals surface area contributed by atoms with E-state index in [-0.39, 0.29) is 24.8 Å².